The van der Waals surface area contributed by atoms with Crippen molar-refractivity contribution in [3.8, 4) is 11.8 Å². The van der Waals surface area contributed by atoms with E-state index in [2.05, 4.69) is 15.6 Å². The quantitative estimate of drug-likeness (QED) is 0.439. The van der Waals surface area contributed by atoms with Crippen molar-refractivity contribution in [1.82, 2.24) is 9.88 Å². The number of fused-ring (bicyclic) bond motifs is 1. The zero-order valence-electron chi connectivity index (χ0n) is 27.4. The van der Waals surface area contributed by atoms with Crippen LogP contribution in [0.5, 0.6) is 5.75 Å². The van der Waals surface area contributed by atoms with E-state index >= 15 is 0 Å². The molecule has 0 aliphatic carbocycles. The fourth-order valence-electron chi connectivity index (χ4n) is 2.61. The average Bonchev–Trinajstić information content (AvgIpc) is 2.92. The Kier molecular flexibility index (Phi) is 4.50. The third-order valence-electron chi connectivity index (χ3n) is 4.06. The second kappa shape index (κ2) is 10.8. The smallest absolute Gasteiger partial charge is 0.248 e. The molecule has 0 unspecified atom stereocenters. The summed E-state index contributed by atoms with van der Waals surface area (Å²) in [6, 6.07) is -0.917. The predicted octanol–water partition coefficient (Wildman–Crippen LogP) is 5.10. The molecule has 33 heavy (non-hydrogen) atoms. The highest BCUT2D eigenvalue weighted by Gasteiger charge is 2.15. The number of pyridine rings is 1. The van der Waals surface area contributed by atoms with Crippen LogP contribution in [0.2, 0.25) is 5.02 Å². The number of likely N-dealkylation sites (N-methyl/N-ethyl adjacent to an activating group) is 1. The number of rotatable bonds is 8. The van der Waals surface area contributed by atoms with E-state index in [-0.39, 0.29) is 28.7 Å². The van der Waals surface area contributed by atoms with Gasteiger partial charge >= 0.3 is 0 Å². The van der Waals surface area contributed by atoms with Crippen LogP contribution in [0, 0.1) is 17.1 Å². The molecule has 3 rings (SSSR count). The first-order valence-electron chi connectivity index (χ1n) is 14.2. The Morgan fingerprint density at radius 3 is 3.06 bits per heavy atom. The number of aromatic nitrogens is 1. The van der Waals surface area contributed by atoms with E-state index in [1.165, 1.54) is 6.08 Å². The van der Waals surface area contributed by atoms with Gasteiger partial charge in [0, 0.05) is 40.0 Å². The Morgan fingerprint density at radius 1 is 1.52 bits per heavy atom. The SMILES string of the molecule is [2H]/C(=C\CN(C)C)C(=O)Nc1c(OC([2H])([2H])C([2H])([2H])[2H])cc2ncc(C#N)c(Nc3c([2H])c([2H])c(F)c(Cl)c3[2H])c2c1[2H]. The summed E-state index contributed by atoms with van der Waals surface area (Å²) in [5.74, 6) is -3.03. The minimum absolute atomic E-state index is 0.188. The molecule has 0 atom stereocenters. The number of halogens is 2. The predicted molar refractivity (Wildman–Crippen MR) is 129 cm³/mol. The van der Waals surface area contributed by atoms with Gasteiger partial charge in [0.1, 0.15) is 17.6 Å². The van der Waals surface area contributed by atoms with Crippen LogP contribution in [0.25, 0.3) is 10.9 Å². The van der Waals surface area contributed by atoms with Crippen LogP contribution in [-0.4, -0.2) is 43.0 Å². The molecule has 2 N–H and O–H groups in total. The molecular weight excluding hydrogens is 445 g/mol. The number of nitrogens with one attached hydrogen (secondary N) is 2. The summed E-state index contributed by atoms with van der Waals surface area (Å²) >= 11 is 5.83. The van der Waals surface area contributed by atoms with Crippen LogP contribution < -0.4 is 15.4 Å². The molecule has 0 bridgehead atoms. The second-order valence-corrected chi connectivity index (χ2v) is 7.08. The lowest BCUT2D eigenvalue weighted by Crippen LogP contribution is -2.13. The molecule has 0 radical (unpaired) electrons. The van der Waals surface area contributed by atoms with Crippen molar-refractivity contribution in [1.29, 1.82) is 5.26 Å². The molecule has 2 aromatic carbocycles. The first kappa shape index (κ1) is 13.8. The molecule has 1 amide bonds. The van der Waals surface area contributed by atoms with Crippen molar-refractivity contribution in [3.63, 3.8) is 0 Å². The maximum absolute atomic E-state index is 14.2. The largest absolute Gasteiger partial charge is 0.492 e. The van der Waals surface area contributed by atoms with Gasteiger partial charge < -0.3 is 20.3 Å². The molecular formula is C24H23ClFN5O2. The van der Waals surface area contributed by atoms with E-state index in [1.54, 1.807) is 19.0 Å². The van der Waals surface area contributed by atoms with Gasteiger partial charge in [-0.3, -0.25) is 9.78 Å². The number of hydrogen-bond acceptors (Lipinski definition) is 6. The van der Waals surface area contributed by atoms with Crippen molar-refractivity contribution in [2.75, 3.05) is 37.8 Å². The van der Waals surface area contributed by atoms with Gasteiger partial charge in [-0.25, -0.2) is 4.39 Å². The molecule has 170 valence electrons. The van der Waals surface area contributed by atoms with Gasteiger partial charge in [-0.15, -0.1) is 0 Å². The van der Waals surface area contributed by atoms with Gasteiger partial charge in [0.05, 0.1) is 43.6 Å². The number of nitriles is 1. The minimum Gasteiger partial charge on any atom is -0.492 e. The summed E-state index contributed by atoms with van der Waals surface area (Å²) in [7, 11) is 3.37. The van der Waals surface area contributed by atoms with Gasteiger partial charge in [-0.1, -0.05) is 17.7 Å². The number of amides is 1. The van der Waals surface area contributed by atoms with Crippen molar-refractivity contribution in [3.05, 3.63) is 65.0 Å². The summed E-state index contributed by atoms with van der Waals surface area (Å²) in [6.45, 7) is -6.44. The third kappa shape index (κ3) is 5.98. The van der Waals surface area contributed by atoms with Gasteiger partial charge in [-0.05, 0) is 45.1 Å². The number of ether oxygens (including phenoxy) is 1. The van der Waals surface area contributed by atoms with E-state index < -0.39 is 77.5 Å². The first-order chi connectivity index (χ1) is 19.8. The van der Waals surface area contributed by atoms with Crippen molar-refractivity contribution >= 4 is 45.5 Å². The van der Waals surface area contributed by atoms with Gasteiger partial charge in [0.25, 0.3) is 0 Å². The minimum atomic E-state index is -3.32. The molecule has 0 spiro atoms. The Balaban J connectivity index is 2.36. The normalized spacial score (nSPS) is 16.5. The number of anilines is 3. The highest BCUT2D eigenvalue weighted by Crippen LogP contribution is 2.36. The Hall–Kier alpha value is -3.67. The van der Waals surface area contributed by atoms with Gasteiger partial charge in [0.15, 0.2) is 0 Å². The van der Waals surface area contributed by atoms with Crippen molar-refractivity contribution in [2.24, 2.45) is 0 Å². The lowest BCUT2D eigenvalue weighted by atomic mass is 10.1. The summed E-state index contributed by atoms with van der Waals surface area (Å²) < 4.78 is 98.7. The molecule has 7 nitrogen and oxygen atoms in total. The van der Waals surface area contributed by atoms with E-state index in [9.17, 15) is 14.4 Å². The van der Waals surface area contributed by atoms with E-state index in [0.717, 1.165) is 12.3 Å². The highest BCUT2D eigenvalue weighted by molar-refractivity contribution is 6.31. The van der Waals surface area contributed by atoms with Crippen LogP contribution in [-0.2, 0) is 4.79 Å². The average molecular weight is 478 g/mol. The topological polar surface area (TPSA) is 90.3 Å². The van der Waals surface area contributed by atoms with Crippen molar-refractivity contribution in [2.45, 2.75) is 6.85 Å². The monoisotopic (exact) mass is 477 g/mol. The summed E-state index contributed by atoms with van der Waals surface area (Å²) in [5.41, 5.74) is -1.82. The summed E-state index contributed by atoms with van der Waals surface area (Å²) in [6.07, 6.45) is 2.25. The number of carbonyl (C=O) groups excluding carboxylic acids is 1. The zero-order valence-corrected chi connectivity index (χ0v) is 18.1. The fraction of sp³-hybridized carbons (Fsp3) is 0.208. The molecule has 0 aliphatic heterocycles. The van der Waals surface area contributed by atoms with Crippen LogP contribution in [0.1, 0.15) is 26.1 Å². The molecule has 1 aromatic heterocycles. The van der Waals surface area contributed by atoms with Gasteiger partial charge in [0.2, 0.25) is 5.91 Å². The molecule has 9 heteroatoms. The van der Waals surface area contributed by atoms with Crippen LogP contribution in [0.3, 0.4) is 0 Å². The number of carbonyl (C=O) groups is 1. The lowest BCUT2D eigenvalue weighted by molar-refractivity contribution is -0.111. The van der Waals surface area contributed by atoms with E-state index in [4.69, 9.17) is 30.0 Å². The summed E-state index contributed by atoms with van der Waals surface area (Å²) in [4.78, 5) is 18.6. The van der Waals surface area contributed by atoms with Gasteiger partial charge in [-0.2, -0.15) is 5.26 Å². The number of hydrogen-bond donors (Lipinski definition) is 2. The molecule has 0 saturated heterocycles. The lowest BCUT2D eigenvalue weighted by Gasteiger charge is -2.16. The molecule has 0 saturated carbocycles. The molecule has 0 fully saturated rings. The molecule has 1 heterocycles. The number of benzene rings is 2. The first-order valence-corrected chi connectivity index (χ1v) is 9.60. The van der Waals surface area contributed by atoms with E-state index in [0.29, 0.717) is 0 Å². The third-order valence-corrected chi connectivity index (χ3v) is 4.32. The Bertz CT molecular complexity index is 1660. The zero-order chi connectivity index (χ0) is 32.6. The van der Waals surface area contributed by atoms with Crippen LogP contribution in [0.15, 0.2) is 48.6 Å². The molecule has 0 aliphatic rings. The second-order valence-electron chi connectivity index (χ2n) is 6.70. The standard InChI is InChI=1S/C24H23ClFN5O2/c1-4-33-22-12-20-17(11-21(22)30-23(32)6-5-9-31(2)3)24(15(13-27)14-28-20)29-16-7-8-19(26)18(25)10-16/h5-8,10-12,14H,4,9H2,1-3H3,(H,28,29)(H,30,32)/b6-5+/i1D3,4D2,6D,7D,8D,10D,11D. The molecule has 3 aromatic rings. The maximum atomic E-state index is 14.2. The van der Waals surface area contributed by atoms with E-state index in [1.807, 2.05) is 6.07 Å². The van der Waals surface area contributed by atoms with Crippen LogP contribution >= 0.6 is 11.6 Å². The fourth-order valence-corrected chi connectivity index (χ4v) is 2.76. The Labute approximate surface area is 210 Å². The maximum Gasteiger partial charge on any atom is 0.248 e. The van der Waals surface area contributed by atoms with Crippen molar-refractivity contribution < 1.29 is 27.6 Å². The summed E-state index contributed by atoms with van der Waals surface area (Å²) in [5, 5.41) is 13.6. The van der Waals surface area contributed by atoms with Crippen LogP contribution in [0.4, 0.5) is 21.5 Å². The Morgan fingerprint density at radius 2 is 2.33 bits per heavy atom. The highest BCUT2D eigenvalue weighted by atomic mass is 35.5. The number of nitrogens with zero attached hydrogens (tertiary/aromatic N) is 3.